The van der Waals surface area contributed by atoms with Crippen molar-refractivity contribution in [1.82, 2.24) is 19.7 Å². The number of carbonyl (C=O) groups is 2. The molecule has 0 unspecified atom stereocenters. The Morgan fingerprint density at radius 2 is 1.76 bits per heavy atom. The molecule has 2 fully saturated rings. The van der Waals surface area contributed by atoms with Gasteiger partial charge in [-0.25, -0.2) is 0 Å². The van der Waals surface area contributed by atoms with E-state index in [0.29, 0.717) is 24.4 Å². The van der Waals surface area contributed by atoms with Crippen molar-refractivity contribution in [2.24, 2.45) is 0 Å². The number of nitrogens with one attached hydrogen (secondary N) is 1. The summed E-state index contributed by atoms with van der Waals surface area (Å²) in [5, 5.41) is 3.37. The first-order valence-corrected chi connectivity index (χ1v) is 13.5. The Labute approximate surface area is 202 Å². The first-order valence-electron chi connectivity index (χ1n) is 13.5. The molecule has 1 aliphatic carbocycles. The van der Waals surface area contributed by atoms with Gasteiger partial charge in [-0.05, 0) is 58.7 Å². The zero-order valence-electron chi connectivity index (χ0n) is 20.7. The molecule has 7 nitrogen and oxygen atoms in total. The third kappa shape index (κ3) is 4.64. The van der Waals surface area contributed by atoms with Gasteiger partial charge in [0.1, 0.15) is 11.2 Å². The zero-order chi connectivity index (χ0) is 23.5. The van der Waals surface area contributed by atoms with Crippen LogP contribution in [0, 0.1) is 0 Å². The molecule has 0 spiro atoms. The number of piperidine rings is 1. The summed E-state index contributed by atoms with van der Waals surface area (Å²) in [5.41, 5.74) is 1.31. The lowest BCUT2D eigenvalue weighted by Crippen LogP contribution is -2.65. The highest BCUT2D eigenvalue weighted by atomic mass is 16.3. The van der Waals surface area contributed by atoms with Crippen molar-refractivity contribution < 1.29 is 14.0 Å². The van der Waals surface area contributed by atoms with Crippen LogP contribution >= 0.6 is 0 Å². The van der Waals surface area contributed by atoms with E-state index in [1.807, 2.05) is 28.5 Å². The topological polar surface area (TPSA) is 70.7 Å². The minimum Gasteiger partial charge on any atom is -0.463 e. The molecular weight excluding hydrogens is 428 g/mol. The summed E-state index contributed by atoms with van der Waals surface area (Å²) in [6.45, 7) is 6.28. The van der Waals surface area contributed by atoms with Crippen LogP contribution in [0.3, 0.4) is 0 Å². The van der Waals surface area contributed by atoms with Crippen LogP contribution in [0.4, 0.5) is 0 Å². The maximum atomic E-state index is 13.9. The molecule has 2 amide bonds. The van der Waals surface area contributed by atoms with Crippen molar-refractivity contribution in [3.05, 3.63) is 24.1 Å². The lowest BCUT2D eigenvalue weighted by atomic mass is 9.92. The van der Waals surface area contributed by atoms with Crippen molar-refractivity contribution >= 4 is 22.9 Å². The van der Waals surface area contributed by atoms with Crippen LogP contribution in [0.25, 0.3) is 11.1 Å². The summed E-state index contributed by atoms with van der Waals surface area (Å²) in [5.74, 6) is -0.0769. The predicted octanol–water partition coefficient (Wildman–Crippen LogP) is 4.55. The van der Waals surface area contributed by atoms with E-state index in [9.17, 15) is 9.59 Å². The Kier molecular flexibility index (Phi) is 7.00. The lowest BCUT2D eigenvalue weighted by Gasteiger charge is -2.45. The SMILES string of the molecule is C[C@]1(C(=O)NC2CCCCCCC2)Cn2c(cc3occc32)C(=O)N1CCCN1CCCCC1. The van der Waals surface area contributed by atoms with Crippen LogP contribution in [0.15, 0.2) is 22.8 Å². The summed E-state index contributed by atoms with van der Waals surface area (Å²) < 4.78 is 7.58. The number of carbonyl (C=O) groups excluding carboxylic acids is 2. The van der Waals surface area contributed by atoms with E-state index in [-0.39, 0.29) is 17.9 Å². The Morgan fingerprint density at radius 3 is 2.53 bits per heavy atom. The molecule has 7 heteroatoms. The van der Waals surface area contributed by atoms with Crippen LogP contribution in [0.2, 0.25) is 0 Å². The Hall–Kier alpha value is -2.28. The van der Waals surface area contributed by atoms with Gasteiger partial charge in [-0.15, -0.1) is 0 Å². The molecule has 186 valence electrons. The second-order valence-corrected chi connectivity index (χ2v) is 10.8. The van der Waals surface area contributed by atoms with E-state index in [1.54, 1.807) is 6.26 Å². The van der Waals surface area contributed by atoms with Gasteiger partial charge in [0, 0.05) is 24.7 Å². The number of nitrogens with zero attached hydrogens (tertiary/aromatic N) is 3. The summed E-state index contributed by atoms with van der Waals surface area (Å²) in [7, 11) is 0. The average Bonchev–Trinajstić information content (AvgIpc) is 3.41. The third-order valence-corrected chi connectivity index (χ3v) is 8.28. The molecule has 1 N–H and O–H groups in total. The van der Waals surface area contributed by atoms with Gasteiger partial charge >= 0.3 is 0 Å². The number of amides is 2. The van der Waals surface area contributed by atoms with Crippen molar-refractivity contribution in [3.63, 3.8) is 0 Å². The van der Waals surface area contributed by atoms with Gasteiger partial charge < -0.3 is 24.1 Å². The van der Waals surface area contributed by atoms with Crippen LogP contribution in [-0.2, 0) is 11.3 Å². The second kappa shape index (κ2) is 10.1. The molecule has 5 rings (SSSR count). The molecule has 1 saturated carbocycles. The van der Waals surface area contributed by atoms with Gasteiger partial charge in [-0.2, -0.15) is 0 Å². The third-order valence-electron chi connectivity index (χ3n) is 8.28. The van der Waals surface area contributed by atoms with Crippen molar-refractivity contribution in [3.8, 4) is 0 Å². The van der Waals surface area contributed by atoms with Gasteiger partial charge in [0.05, 0.1) is 18.3 Å². The Bertz CT molecular complexity index is 997. The Morgan fingerprint density at radius 1 is 1.06 bits per heavy atom. The van der Waals surface area contributed by atoms with Crippen LogP contribution < -0.4 is 5.32 Å². The monoisotopic (exact) mass is 468 g/mol. The van der Waals surface area contributed by atoms with Gasteiger partial charge in [-0.1, -0.05) is 38.5 Å². The number of hydrogen-bond donors (Lipinski definition) is 1. The zero-order valence-corrected chi connectivity index (χ0v) is 20.7. The van der Waals surface area contributed by atoms with Crippen LogP contribution in [-0.4, -0.2) is 63.9 Å². The molecule has 3 aliphatic rings. The number of hydrogen-bond acceptors (Lipinski definition) is 4. The first-order chi connectivity index (χ1) is 16.6. The summed E-state index contributed by atoms with van der Waals surface area (Å²) in [6, 6.07) is 3.93. The van der Waals surface area contributed by atoms with E-state index in [1.165, 1.54) is 38.5 Å². The highest BCUT2D eigenvalue weighted by Gasteiger charge is 2.48. The maximum absolute atomic E-state index is 13.9. The van der Waals surface area contributed by atoms with E-state index < -0.39 is 5.54 Å². The molecule has 2 aromatic rings. The van der Waals surface area contributed by atoms with Crippen LogP contribution in [0.5, 0.6) is 0 Å². The smallest absolute Gasteiger partial charge is 0.271 e. The maximum Gasteiger partial charge on any atom is 0.271 e. The lowest BCUT2D eigenvalue weighted by molar-refractivity contribution is -0.133. The van der Waals surface area contributed by atoms with E-state index in [2.05, 4.69) is 10.2 Å². The number of fused-ring (bicyclic) bond motifs is 3. The van der Waals surface area contributed by atoms with Crippen molar-refractivity contribution in [2.75, 3.05) is 26.2 Å². The standard InChI is InChI=1S/C27H40N4O3/c1-27(26(33)28-21-11-6-3-2-4-7-12-21)20-30-22-13-18-34-24(22)19-23(30)25(32)31(27)17-10-16-29-14-8-5-9-15-29/h13,18-19,21H,2-12,14-17,20H2,1H3,(H,28,33)/t27-/m1/s1. The van der Waals surface area contributed by atoms with E-state index >= 15 is 0 Å². The fraction of sp³-hybridized carbons (Fsp3) is 0.704. The fourth-order valence-corrected chi connectivity index (χ4v) is 6.20. The molecule has 4 heterocycles. The number of likely N-dealkylation sites (tertiary alicyclic amines) is 1. The molecule has 1 atom stereocenters. The number of aromatic nitrogens is 1. The minimum atomic E-state index is -0.919. The predicted molar refractivity (Wildman–Crippen MR) is 133 cm³/mol. The van der Waals surface area contributed by atoms with Gasteiger partial charge in [0.15, 0.2) is 5.58 Å². The van der Waals surface area contributed by atoms with E-state index in [0.717, 1.165) is 57.3 Å². The van der Waals surface area contributed by atoms with Gasteiger partial charge in [0.2, 0.25) is 5.91 Å². The fourth-order valence-electron chi connectivity index (χ4n) is 6.20. The summed E-state index contributed by atoms with van der Waals surface area (Å²) in [6.07, 6.45) is 14.6. The van der Waals surface area contributed by atoms with Crippen LogP contribution in [0.1, 0.15) is 88.0 Å². The molecule has 0 aromatic carbocycles. The summed E-state index contributed by atoms with van der Waals surface area (Å²) in [4.78, 5) is 32.0. The van der Waals surface area contributed by atoms with Crippen molar-refractivity contribution in [2.45, 2.75) is 95.7 Å². The molecule has 0 radical (unpaired) electrons. The highest BCUT2D eigenvalue weighted by molar-refractivity contribution is 6.02. The minimum absolute atomic E-state index is 0.0135. The second-order valence-electron chi connectivity index (χ2n) is 10.8. The molecule has 2 aromatic heterocycles. The largest absolute Gasteiger partial charge is 0.463 e. The average molecular weight is 469 g/mol. The van der Waals surface area contributed by atoms with Crippen molar-refractivity contribution in [1.29, 1.82) is 0 Å². The number of furan rings is 1. The molecule has 2 aliphatic heterocycles. The molecule has 0 bridgehead atoms. The Balaban J connectivity index is 1.36. The van der Waals surface area contributed by atoms with Gasteiger partial charge in [0.25, 0.3) is 5.91 Å². The molecule has 1 saturated heterocycles. The summed E-state index contributed by atoms with van der Waals surface area (Å²) >= 11 is 0. The molecular formula is C27H40N4O3. The normalized spacial score (nSPS) is 25.2. The highest BCUT2D eigenvalue weighted by Crippen LogP contribution is 2.33. The number of rotatable bonds is 6. The van der Waals surface area contributed by atoms with Gasteiger partial charge in [-0.3, -0.25) is 9.59 Å². The first kappa shape index (κ1) is 23.5. The molecule has 34 heavy (non-hydrogen) atoms. The quantitative estimate of drug-likeness (QED) is 0.675. The van der Waals surface area contributed by atoms with E-state index in [4.69, 9.17) is 4.42 Å².